The molecule has 3 rings (SSSR count). The van der Waals surface area contributed by atoms with Crippen LogP contribution >= 0.6 is 0 Å². The number of terminal acetylenes is 1. The highest BCUT2D eigenvalue weighted by Gasteiger charge is 2.35. The zero-order chi connectivity index (χ0) is 21.5. The van der Waals surface area contributed by atoms with Gasteiger partial charge in [-0.05, 0) is 35.9 Å². The Hall–Kier alpha value is -4.25. The van der Waals surface area contributed by atoms with Crippen LogP contribution in [-0.4, -0.2) is 43.0 Å². The first-order chi connectivity index (χ1) is 14.5. The fraction of sp³-hybridized carbons (Fsp3) is 0.136. The zero-order valence-electron chi connectivity index (χ0n) is 16.2. The van der Waals surface area contributed by atoms with E-state index in [-0.39, 0.29) is 12.3 Å². The Morgan fingerprint density at radius 2 is 1.93 bits per heavy atom. The molecule has 1 heterocycles. The van der Waals surface area contributed by atoms with Gasteiger partial charge in [-0.25, -0.2) is 9.69 Å². The van der Waals surface area contributed by atoms with E-state index in [0.29, 0.717) is 22.7 Å². The molecule has 2 aromatic carbocycles. The Kier molecular flexibility index (Phi) is 6.35. The maximum absolute atomic E-state index is 12.6. The van der Waals surface area contributed by atoms with Gasteiger partial charge in [-0.1, -0.05) is 30.2 Å². The molecule has 8 nitrogen and oxygen atoms in total. The van der Waals surface area contributed by atoms with Crippen LogP contribution in [0.2, 0.25) is 0 Å². The Morgan fingerprint density at radius 3 is 2.63 bits per heavy atom. The highest BCUT2D eigenvalue weighted by Crippen LogP contribution is 2.23. The molecule has 30 heavy (non-hydrogen) atoms. The quantitative estimate of drug-likeness (QED) is 0.418. The average molecular weight is 405 g/mol. The summed E-state index contributed by atoms with van der Waals surface area (Å²) in [6, 6.07) is 13.0. The second kappa shape index (κ2) is 9.30. The Balaban J connectivity index is 1.66. The maximum Gasteiger partial charge on any atom is 0.329 e. The molecule has 152 valence electrons. The first-order valence-corrected chi connectivity index (χ1v) is 8.95. The molecule has 8 heteroatoms. The van der Waals surface area contributed by atoms with Gasteiger partial charge in [0.15, 0.2) is 0 Å². The van der Waals surface area contributed by atoms with Crippen molar-refractivity contribution in [3.8, 4) is 23.8 Å². The van der Waals surface area contributed by atoms with Gasteiger partial charge in [0, 0.05) is 0 Å². The summed E-state index contributed by atoms with van der Waals surface area (Å²) in [5, 5.41) is 5.11. The van der Waals surface area contributed by atoms with E-state index < -0.39 is 24.4 Å². The molecule has 0 bridgehead atoms. The smallest absolute Gasteiger partial charge is 0.329 e. The topological polar surface area (TPSA) is 97.0 Å². The Labute approximate surface area is 173 Å². The Bertz CT molecular complexity index is 1040. The first-order valence-electron chi connectivity index (χ1n) is 8.95. The normalized spacial score (nSPS) is 14.3. The van der Waals surface area contributed by atoms with Crippen molar-refractivity contribution in [2.45, 2.75) is 0 Å². The molecule has 1 aliphatic rings. The SMILES string of the molecule is C#CCOc1ccc(/C=C2/NC(=O)N(CC(=O)Nc3ccccc3OC)C2=O)cc1. The summed E-state index contributed by atoms with van der Waals surface area (Å²) < 4.78 is 10.5. The van der Waals surface area contributed by atoms with Gasteiger partial charge < -0.3 is 20.1 Å². The van der Waals surface area contributed by atoms with E-state index in [1.54, 1.807) is 48.5 Å². The minimum atomic E-state index is -0.671. The molecule has 1 fully saturated rings. The number of nitrogens with one attached hydrogen (secondary N) is 2. The fourth-order valence-electron chi connectivity index (χ4n) is 2.75. The molecular weight excluding hydrogens is 386 g/mol. The molecule has 0 atom stereocenters. The molecule has 0 unspecified atom stereocenters. The number of imide groups is 1. The number of para-hydroxylation sites is 2. The number of methoxy groups -OCH3 is 1. The van der Waals surface area contributed by atoms with E-state index >= 15 is 0 Å². The average Bonchev–Trinajstić information content (AvgIpc) is 3.01. The number of amides is 4. The number of anilines is 1. The van der Waals surface area contributed by atoms with Crippen molar-refractivity contribution in [2.75, 3.05) is 25.6 Å². The van der Waals surface area contributed by atoms with Crippen LogP contribution in [0.5, 0.6) is 11.5 Å². The van der Waals surface area contributed by atoms with Gasteiger partial charge in [-0.2, -0.15) is 0 Å². The molecule has 0 radical (unpaired) electrons. The third-order valence-electron chi connectivity index (χ3n) is 4.16. The van der Waals surface area contributed by atoms with Crippen LogP contribution in [0.25, 0.3) is 6.08 Å². The lowest BCUT2D eigenvalue weighted by Gasteiger charge is -2.13. The van der Waals surface area contributed by atoms with E-state index in [1.807, 2.05) is 0 Å². The number of carbonyl (C=O) groups is 3. The van der Waals surface area contributed by atoms with Crippen LogP contribution < -0.4 is 20.1 Å². The molecule has 1 saturated heterocycles. The van der Waals surface area contributed by atoms with Gasteiger partial charge in [0.25, 0.3) is 5.91 Å². The summed E-state index contributed by atoms with van der Waals surface area (Å²) in [5.41, 5.74) is 1.19. The molecule has 2 aromatic rings. The minimum absolute atomic E-state index is 0.0717. The van der Waals surface area contributed by atoms with Gasteiger partial charge >= 0.3 is 6.03 Å². The van der Waals surface area contributed by atoms with Gasteiger partial charge in [-0.15, -0.1) is 6.42 Å². The number of carbonyl (C=O) groups excluding carboxylic acids is 3. The molecule has 0 spiro atoms. The van der Waals surface area contributed by atoms with Crippen molar-refractivity contribution in [2.24, 2.45) is 0 Å². The highest BCUT2D eigenvalue weighted by molar-refractivity contribution is 6.16. The van der Waals surface area contributed by atoms with E-state index in [9.17, 15) is 14.4 Å². The predicted octanol–water partition coefficient (Wildman–Crippen LogP) is 2.24. The predicted molar refractivity (Wildman–Crippen MR) is 111 cm³/mol. The maximum atomic E-state index is 12.6. The number of hydrogen-bond acceptors (Lipinski definition) is 5. The number of benzene rings is 2. The van der Waals surface area contributed by atoms with Crippen LogP contribution in [0.15, 0.2) is 54.2 Å². The molecule has 0 aliphatic carbocycles. The molecule has 0 saturated carbocycles. The van der Waals surface area contributed by atoms with Crippen molar-refractivity contribution in [1.82, 2.24) is 10.2 Å². The summed E-state index contributed by atoms with van der Waals surface area (Å²) in [4.78, 5) is 37.9. The zero-order valence-corrected chi connectivity index (χ0v) is 16.2. The summed E-state index contributed by atoms with van der Waals surface area (Å²) in [5.74, 6) is 2.31. The standard InChI is InChI=1S/C22H19N3O5/c1-3-12-30-16-10-8-15(9-11-16)13-18-21(27)25(22(28)24-18)14-20(26)23-17-6-4-5-7-19(17)29-2/h1,4-11,13H,12,14H2,2H3,(H,23,26)(H,24,28)/b18-13+. The molecule has 2 N–H and O–H groups in total. The van der Waals surface area contributed by atoms with Crippen LogP contribution in [0, 0.1) is 12.3 Å². The van der Waals surface area contributed by atoms with Crippen molar-refractivity contribution in [3.63, 3.8) is 0 Å². The lowest BCUT2D eigenvalue weighted by atomic mass is 10.2. The third kappa shape index (κ3) is 4.77. The van der Waals surface area contributed by atoms with Crippen molar-refractivity contribution >= 4 is 29.6 Å². The van der Waals surface area contributed by atoms with E-state index in [0.717, 1.165) is 4.90 Å². The largest absolute Gasteiger partial charge is 0.495 e. The van der Waals surface area contributed by atoms with Crippen LogP contribution in [0.1, 0.15) is 5.56 Å². The van der Waals surface area contributed by atoms with Gasteiger partial charge in [-0.3, -0.25) is 9.59 Å². The van der Waals surface area contributed by atoms with E-state index in [1.165, 1.54) is 13.2 Å². The third-order valence-corrected chi connectivity index (χ3v) is 4.16. The summed E-state index contributed by atoms with van der Waals surface area (Å²) in [6.45, 7) is -0.278. The minimum Gasteiger partial charge on any atom is -0.495 e. The van der Waals surface area contributed by atoms with Crippen LogP contribution in [-0.2, 0) is 9.59 Å². The van der Waals surface area contributed by atoms with Crippen LogP contribution in [0.4, 0.5) is 10.5 Å². The summed E-state index contributed by atoms with van der Waals surface area (Å²) in [6.07, 6.45) is 6.66. The summed E-state index contributed by atoms with van der Waals surface area (Å²) in [7, 11) is 1.48. The van der Waals surface area contributed by atoms with Crippen molar-refractivity contribution in [3.05, 3.63) is 59.8 Å². The number of urea groups is 1. The van der Waals surface area contributed by atoms with E-state index in [2.05, 4.69) is 16.6 Å². The number of hydrogen-bond donors (Lipinski definition) is 2. The second-order valence-corrected chi connectivity index (χ2v) is 6.19. The fourth-order valence-corrected chi connectivity index (χ4v) is 2.75. The molecule has 4 amide bonds. The lowest BCUT2D eigenvalue weighted by Crippen LogP contribution is -2.38. The number of rotatable bonds is 7. The number of nitrogens with zero attached hydrogens (tertiary/aromatic N) is 1. The lowest BCUT2D eigenvalue weighted by molar-refractivity contribution is -0.127. The monoisotopic (exact) mass is 405 g/mol. The highest BCUT2D eigenvalue weighted by atomic mass is 16.5. The summed E-state index contributed by atoms with van der Waals surface area (Å²) >= 11 is 0. The van der Waals surface area contributed by atoms with Gasteiger partial charge in [0.1, 0.15) is 30.3 Å². The molecule has 0 aromatic heterocycles. The Morgan fingerprint density at radius 1 is 1.20 bits per heavy atom. The number of ether oxygens (including phenoxy) is 2. The van der Waals surface area contributed by atoms with E-state index in [4.69, 9.17) is 15.9 Å². The van der Waals surface area contributed by atoms with Crippen molar-refractivity contribution in [1.29, 1.82) is 0 Å². The molecular formula is C22H19N3O5. The first kappa shape index (κ1) is 20.5. The van der Waals surface area contributed by atoms with Crippen molar-refractivity contribution < 1.29 is 23.9 Å². The second-order valence-electron chi connectivity index (χ2n) is 6.19. The molecule has 1 aliphatic heterocycles. The van der Waals surface area contributed by atoms with Gasteiger partial charge in [0.2, 0.25) is 5.91 Å². The van der Waals surface area contributed by atoms with Gasteiger partial charge in [0.05, 0.1) is 12.8 Å². The van der Waals surface area contributed by atoms with Crippen LogP contribution in [0.3, 0.4) is 0 Å².